The summed E-state index contributed by atoms with van der Waals surface area (Å²) >= 11 is 2.89. The number of carbonyl (C=O) groups excluding carboxylic acids is 3. The van der Waals surface area contributed by atoms with E-state index >= 15 is 0 Å². The summed E-state index contributed by atoms with van der Waals surface area (Å²) in [5, 5.41) is 3.44. The normalized spacial score (nSPS) is 18.1. The van der Waals surface area contributed by atoms with Gasteiger partial charge < -0.3 is 19.9 Å². The molecule has 4 rings (SSSR count). The van der Waals surface area contributed by atoms with Crippen LogP contribution in [-0.2, 0) is 9.59 Å². The number of carbonyl (C=O) groups is 3. The van der Waals surface area contributed by atoms with Gasteiger partial charge in [0.1, 0.15) is 5.75 Å². The third-order valence-electron chi connectivity index (χ3n) is 5.65. The number of rotatable bonds is 7. The van der Waals surface area contributed by atoms with Crippen LogP contribution in [0.2, 0.25) is 0 Å². The molecule has 1 aromatic carbocycles. The molecule has 3 amide bonds. The van der Waals surface area contributed by atoms with E-state index in [-0.39, 0.29) is 29.7 Å². The minimum atomic E-state index is -0.131. The molecule has 10 heteroatoms. The van der Waals surface area contributed by atoms with Crippen LogP contribution in [-0.4, -0.2) is 65.3 Å². The number of anilines is 1. The molecule has 1 N–H and O–H groups in total. The second-order valence-electron chi connectivity index (χ2n) is 8.05. The molecule has 0 radical (unpaired) electrons. The second kappa shape index (κ2) is 9.96. The molecule has 2 heterocycles. The van der Waals surface area contributed by atoms with E-state index in [0.717, 1.165) is 21.9 Å². The van der Waals surface area contributed by atoms with Crippen LogP contribution in [0.1, 0.15) is 30.1 Å². The van der Waals surface area contributed by atoms with Crippen LogP contribution < -0.4 is 10.1 Å². The fourth-order valence-electron chi connectivity index (χ4n) is 3.71. The number of thiazole rings is 1. The van der Waals surface area contributed by atoms with E-state index in [4.69, 9.17) is 4.74 Å². The molecule has 174 valence electrons. The lowest BCUT2D eigenvalue weighted by atomic mass is 10.1. The quantitative estimate of drug-likeness (QED) is 0.602. The van der Waals surface area contributed by atoms with Crippen molar-refractivity contribution in [3.63, 3.8) is 0 Å². The van der Waals surface area contributed by atoms with Crippen LogP contribution in [0, 0.1) is 5.92 Å². The highest BCUT2D eigenvalue weighted by Crippen LogP contribution is 2.37. The Morgan fingerprint density at radius 3 is 2.76 bits per heavy atom. The summed E-state index contributed by atoms with van der Waals surface area (Å²) in [5.74, 6) is 0.404. The number of piperazine rings is 1. The van der Waals surface area contributed by atoms with Gasteiger partial charge in [0, 0.05) is 36.5 Å². The van der Waals surface area contributed by atoms with E-state index in [0.29, 0.717) is 36.1 Å². The molecule has 33 heavy (non-hydrogen) atoms. The molecule has 8 nitrogen and oxygen atoms in total. The molecular weight excluding hydrogens is 460 g/mol. The lowest BCUT2D eigenvalue weighted by Gasteiger charge is -2.39. The smallest absolute Gasteiger partial charge is 0.257 e. The number of nitrogens with one attached hydrogen (secondary N) is 1. The van der Waals surface area contributed by atoms with Gasteiger partial charge in [-0.3, -0.25) is 14.4 Å². The fourth-order valence-corrected chi connectivity index (χ4v) is 5.60. The van der Waals surface area contributed by atoms with Gasteiger partial charge >= 0.3 is 0 Å². The highest BCUT2D eigenvalue weighted by molar-refractivity contribution is 8.01. The van der Waals surface area contributed by atoms with E-state index in [2.05, 4.69) is 16.9 Å². The standard InChI is InChI=1S/C23H26N4O4S2/c1-4-19(28)27-10-9-26(13-14(27)2)22(30)17-11-16(7-8-18(17)31-3)32-20-12-24-23(33-20)25-21(29)15-5-6-15/h4,7-8,11-12,14-15H,1,5-6,9-10,13H2,2-3H3,(H,24,25,29)/t14-/m1/s1. The lowest BCUT2D eigenvalue weighted by Crippen LogP contribution is -2.55. The van der Waals surface area contributed by atoms with Crippen LogP contribution in [0.4, 0.5) is 5.13 Å². The summed E-state index contributed by atoms with van der Waals surface area (Å²) in [6.45, 7) is 6.83. The maximum absolute atomic E-state index is 13.3. The third kappa shape index (κ3) is 5.39. The number of hydrogen-bond donors (Lipinski definition) is 1. The first-order chi connectivity index (χ1) is 15.9. The molecule has 1 saturated heterocycles. The Morgan fingerprint density at radius 1 is 1.30 bits per heavy atom. The SMILES string of the molecule is C=CC(=O)N1CCN(C(=O)c2cc(Sc3cnc(NC(=O)C4CC4)s3)ccc2OC)C[C@H]1C. The fraction of sp³-hybridized carbons (Fsp3) is 0.391. The van der Waals surface area contributed by atoms with E-state index in [9.17, 15) is 14.4 Å². The van der Waals surface area contributed by atoms with Gasteiger partial charge in [0.15, 0.2) is 5.13 Å². The Bertz CT molecular complexity index is 1080. The van der Waals surface area contributed by atoms with E-state index in [1.165, 1.54) is 29.2 Å². The molecule has 0 unspecified atom stereocenters. The Hall–Kier alpha value is -2.85. The van der Waals surface area contributed by atoms with Gasteiger partial charge in [0.05, 0.1) is 23.1 Å². The Labute approximate surface area is 201 Å². The van der Waals surface area contributed by atoms with Crippen molar-refractivity contribution in [3.05, 3.63) is 42.6 Å². The molecule has 1 aliphatic carbocycles. The Morgan fingerprint density at radius 2 is 2.09 bits per heavy atom. The van der Waals surface area contributed by atoms with Crippen molar-refractivity contribution < 1.29 is 19.1 Å². The molecular formula is C23H26N4O4S2. The summed E-state index contributed by atoms with van der Waals surface area (Å²) in [6, 6.07) is 5.40. The summed E-state index contributed by atoms with van der Waals surface area (Å²) in [4.78, 5) is 45.9. The molecule has 1 saturated carbocycles. The number of benzene rings is 1. The van der Waals surface area contributed by atoms with Gasteiger partial charge in [-0.25, -0.2) is 4.98 Å². The average Bonchev–Trinajstić information content (AvgIpc) is 3.59. The van der Waals surface area contributed by atoms with Gasteiger partial charge in [0.25, 0.3) is 5.91 Å². The molecule has 2 aromatic rings. The van der Waals surface area contributed by atoms with E-state index in [1.54, 1.807) is 29.2 Å². The lowest BCUT2D eigenvalue weighted by molar-refractivity contribution is -0.129. The summed E-state index contributed by atoms with van der Waals surface area (Å²) < 4.78 is 6.36. The van der Waals surface area contributed by atoms with E-state index < -0.39 is 0 Å². The molecule has 2 aliphatic rings. The number of ether oxygens (including phenoxy) is 1. The zero-order valence-corrected chi connectivity index (χ0v) is 20.2. The van der Waals surface area contributed by atoms with Crippen LogP contribution in [0.25, 0.3) is 0 Å². The molecule has 2 fully saturated rings. The predicted molar refractivity (Wildman–Crippen MR) is 128 cm³/mol. The Balaban J connectivity index is 1.46. The van der Waals surface area contributed by atoms with Crippen molar-refractivity contribution in [2.45, 2.75) is 34.9 Å². The minimum Gasteiger partial charge on any atom is -0.496 e. The number of hydrogen-bond acceptors (Lipinski definition) is 7. The van der Waals surface area contributed by atoms with Gasteiger partial charge in [-0.2, -0.15) is 0 Å². The zero-order valence-electron chi connectivity index (χ0n) is 18.6. The predicted octanol–water partition coefficient (Wildman–Crippen LogP) is 3.51. The van der Waals surface area contributed by atoms with Crippen LogP contribution >= 0.6 is 23.1 Å². The first kappa shape index (κ1) is 23.3. The highest BCUT2D eigenvalue weighted by Gasteiger charge is 2.31. The largest absolute Gasteiger partial charge is 0.496 e. The van der Waals surface area contributed by atoms with Crippen molar-refractivity contribution in [2.24, 2.45) is 5.92 Å². The molecule has 1 aromatic heterocycles. The van der Waals surface area contributed by atoms with E-state index in [1.807, 2.05) is 19.1 Å². The van der Waals surface area contributed by atoms with Gasteiger partial charge in [0.2, 0.25) is 11.8 Å². The van der Waals surface area contributed by atoms with Crippen molar-refractivity contribution in [1.82, 2.24) is 14.8 Å². The van der Waals surface area contributed by atoms with Crippen LogP contribution in [0.5, 0.6) is 5.75 Å². The first-order valence-electron chi connectivity index (χ1n) is 10.7. The van der Waals surface area contributed by atoms with Gasteiger partial charge in [-0.05, 0) is 44.0 Å². The topological polar surface area (TPSA) is 91.8 Å². The maximum atomic E-state index is 13.3. The van der Waals surface area contributed by atoms with Gasteiger partial charge in [-0.15, -0.1) is 0 Å². The number of amides is 3. The van der Waals surface area contributed by atoms with Crippen molar-refractivity contribution in [1.29, 1.82) is 0 Å². The molecule has 1 atom stereocenters. The van der Waals surface area contributed by atoms with Crippen LogP contribution in [0.15, 0.2) is 46.2 Å². The van der Waals surface area contributed by atoms with Crippen molar-refractivity contribution in [3.8, 4) is 5.75 Å². The number of methoxy groups -OCH3 is 1. The minimum absolute atomic E-state index is 0.0300. The number of aromatic nitrogens is 1. The third-order valence-corrected chi connectivity index (χ3v) is 7.66. The van der Waals surface area contributed by atoms with Crippen molar-refractivity contribution >= 4 is 46.0 Å². The molecule has 0 bridgehead atoms. The molecule has 0 spiro atoms. The summed E-state index contributed by atoms with van der Waals surface area (Å²) in [7, 11) is 1.54. The first-order valence-corrected chi connectivity index (χ1v) is 12.4. The molecule has 1 aliphatic heterocycles. The average molecular weight is 487 g/mol. The summed E-state index contributed by atoms with van der Waals surface area (Å²) in [5.41, 5.74) is 0.477. The highest BCUT2D eigenvalue weighted by atomic mass is 32.2. The van der Waals surface area contributed by atoms with Gasteiger partial charge in [-0.1, -0.05) is 29.7 Å². The second-order valence-corrected chi connectivity index (χ2v) is 10.5. The van der Waals surface area contributed by atoms with Crippen LogP contribution in [0.3, 0.4) is 0 Å². The maximum Gasteiger partial charge on any atom is 0.257 e. The van der Waals surface area contributed by atoms with Crippen molar-refractivity contribution in [2.75, 3.05) is 32.1 Å². The zero-order chi connectivity index (χ0) is 23.5. The summed E-state index contributed by atoms with van der Waals surface area (Å²) in [6.07, 6.45) is 4.92. The Kier molecular flexibility index (Phi) is 7.04. The number of nitrogens with zero attached hydrogens (tertiary/aromatic N) is 3. The monoisotopic (exact) mass is 486 g/mol.